The Bertz CT molecular complexity index is 785. The number of ketones is 1. The van der Waals surface area contributed by atoms with E-state index in [0.29, 0.717) is 17.1 Å². The molecule has 0 aliphatic heterocycles. The number of thioether (sulfide) groups is 1. The van der Waals surface area contributed by atoms with Gasteiger partial charge in [0.2, 0.25) is 0 Å². The van der Waals surface area contributed by atoms with Crippen molar-refractivity contribution in [2.75, 3.05) is 12.9 Å². The molecule has 4 nitrogen and oxygen atoms in total. The Morgan fingerprint density at radius 3 is 2.56 bits per heavy atom. The van der Waals surface area contributed by atoms with Gasteiger partial charge >= 0.3 is 5.97 Å². The number of rotatable bonds is 8. The molecule has 0 amide bonds. The smallest absolute Gasteiger partial charge is 0.313 e. The minimum Gasteiger partial charge on any atom is -0.496 e. The summed E-state index contributed by atoms with van der Waals surface area (Å²) in [6.45, 7) is 0. The van der Waals surface area contributed by atoms with Crippen molar-refractivity contribution in [3.8, 4) is 5.75 Å². The van der Waals surface area contributed by atoms with Gasteiger partial charge in [-0.15, -0.1) is 11.8 Å². The largest absolute Gasteiger partial charge is 0.496 e. The number of carboxylic acid groups (broad SMARTS) is 1. The van der Waals surface area contributed by atoms with Crippen molar-refractivity contribution in [2.24, 2.45) is 0 Å². The summed E-state index contributed by atoms with van der Waals surface area (Å²) in [6.07, 6.45) is 3.29. The van der Waals surface area contributed by atoms with Gasteiger partial charge in [0.25, 0.3) is 0 Å². The van der Waals surface area contributed by atoms with Gasteiger partial charge in [-0.1, -0.05) is 34.1 Å². The van der Waals surface area contributed by atoms with Gasteiger partial charge < -0.3 is 9.84 Å². The van der Waals surface area contributed by atoms with Crippen LogP contribution < -0.4 is 4.74 Å². The standard InChI is InChI=1S/C19H17BrO4S/c1-24-18-9-5-14(10-15(18)11-25-12-19(22)23)17(21)8-4-13-2-6-16(20)7-3-13/h2-10H,11-12H2,1H3,(H,22,23). The minimum atomic E-state index is -0.867. The molecule has 0 aliphatic carbocycles. The fourth-order valence-corrected chi connectivity index (χ4v) is 3.12. The summed E-state index contributed by atoms with van der Waals surface area (Å²) < 4.78 is 6.26. The number of hydrogen-bond acceptors (Lipinski definition) is 4. The minimum absolute atomic E-state index is 0.00476. The van der Waals surface area contributed by atoms with Crippen LogP contribution in [0.15, 0.2) is 53.0 Å². The third-order valence-electron chi connectivity index (χ3n) is 3.35. The third kappa shape index (κ3) is 6.07. The maximum atomic E-state index is 12.4. The van der Waals surface area contributed by atoms with Crippen LogP contribution in [0.3, 0.4) is 0 Å². The number of benzene rings is 2. The maximum absolute atomic E-state index is 12.4. The molecule has 0 aromatic heterocycles. The lowest BCUT2D eigenvalue weighted by Gasteiger charge is -2.09. The number of carbonyl (C=O) groups excluding carboxylic acids is 1. The number of hydrogen-bond donors (Lipinski definition) is 1. The van der Waals surface area contributed by atoms with E-state index in [1.54, 1.807) is 31.4 Å². The zero-order valence-electron chi connectivity index (χ0n) is 13.6. The van der Waals surface area contributed by atoms with Crippen LogP contribution >= 0.6 is 27.7 Å². The monoisotopic (exact) mass is 420 g/mol. The average Bonchev–Trinajstić information content (AvgIpc) is 2.60. The Kier molecular flexibility index (Phi) is 7.28. The average molecular weight is 421 g/mol. The number of aliphatic carboxylic acids is 1. The third-order valence-corrected chi connectivity index (χ3v) is 4.84. The molecule has 0 saturated heterocycles. The van der Waals surface area contributed by atoms with E-state index in [4.69, 9.17) is 9.84 Å². The Hall–Kier alpha value is -2.05. The van der Waals surface area contributed by atoms with Crippen molar-refractivity contribution >= 4 is 45.5 Å². The van der Waals surface area contributed by atoms with Gasteiger partial charge in [-0.25, -0.2) is 0 Å². The molecule has 0 fully saturated rings. The zero-order valence-corrected chi connectivity index (χ0v) is 16.0. The Balaban J connectivity index is 2.13. The maximum Gasteiger partial charge on any atom is 0.313 e. The molecule has 0 aliphatic rings. The van der Waals surface area contributed by atoms with Crippen LogP contribution in [0, 0.1) is 0 Å². The summed E-state index contributed by atoms with van der Waals surface area (Å²) in [5.74, 6) is 0.132. The molecule has 0 radical (unpaired) electrons. The number of carbonyl (C=O) groups is 2. The van der Waals surface area contributed by atoms with Crippen molar-refractivity contribution in [3.63, 3.8) is 0 Å². The number of halogens is 1. The topological polar surface area (TPSA) is 63.6 Å². The van der Waals surface area contributed by atoms with Gasteiger partial charge in [0.1, 0.15) is 5.75 Å². The predicted octanol–water partition coefficient (Wildman–Crippen LogP) is 4.67. The second kappa shape index (κ2) is 9.44. The molecule has 1 N–H and O–H groups in total. The van der Waals surface area contributed by atoms with Gasteiger partial charge in [0, 0.05) is 21.4 Å². The van der Waals surface area contributed by atoms with Gasteiger partial charge in [-0.2, -0.15) is 0 Å². The molecule has 6 heteroatoms. The van der Waals surface area contributed by atoms with Gasteiger partial charge in [0.05, 0.1) is 12.9 Å². The normalized spacial score (nSPS) is 10.8. The number of carboxylic acids is 1. The molecule has 0 saturated carbocycles. The molecule has 0 heterocycles. The summed E-state index contributed by atoms with van der Waals surface area (Å²) in [7, 11) is 1.55. The van der Waals surface area contributed by atoms with Gasteiger partial charge in [0.15, 0.2) is 5.78 Å². The SMILES string of the molecule is COc1ccc(C(=O)C=Cc2ccc(Br)cc2)cc1CSCC(=O)O. The Morgan fingerprint density at radius 2 is 1.92 bits per heavy atom. The van der Waals surface area contributed by atoms with Crippen LogP contribution in [0.4, 0.5) is 0 Å². The molecule has 2 rings (SSSR count). The van der Waals surface area contributed by atoms with Crippen molar-refractivity contribution in [1.29, 1.82) is 0 Å². The number of ether oxygens (including phenoxy) is 1. The fraction of sp³-hybridized carbons (Fsp3) is 0.158. The van der Waals surface area contributed by atoms with E-state index in [0.717, 1.165) is 15.6 Å². The van der Waals surface area contributed by atoms with E-state index in [9.17, 15) is 9.59 Å². The lowest BCUT2D eigenvalue weighted by atomic mass is 10.1. The first kappa shape index (κ1) is 19.3. The van der Waals surface area contributed by atoms with Crippen molar-refractivity contribution in [2.45, 2.75) is 5.75 Å². The van der Waals surface area contributed by atoms with Crippen molar-refractivity contribution in [3.05, 3.63) is 69.7 Å². The van der Waals surface area contributed by atoms with Crippen LogP contribution in [-0.4, -0.2) is 29.7 Å². The lowest BCUT2D eigenvalue weighted by Crippen LogP contribution is -2.01. The van der Waals surface area contributed by atoms with Crippen LogP contribution in [0.25, 0.3) is 6.08 Å². The van der Waals surface area contributed by atoms with Crippen molar-refractivity contribution in [1.82, 2.24) is 0 Å². The van der Waals surface area contributed by atoms with Crippen LogP contribution in [0.2, 0.25) is 0 Å². The summed E-state index contributed by atoms with van der Waals surface area (Å²) in [5, 5.41) is 8.74. The molecule has 0 bridgehead atoms. The first-order valence-corrected chi connectivity index (χ1v) is 9.39. The molecule has 0 atom stereocenters. The van der Waals surface area contributed by atoms with Crippen molar-refractivity contribution < 1.29 is 19.4 Å². The van der Waals surface area contributed by atoms with Gasteiger partial charge in [-0.05, 0) is 42.0 Å². The molecule has 130 valence electrons. The molecule has 0 unspecified atom stereocenters. The van der Waals surface area contributed by atoms with E-state index in [2.05, 4.69) is 15.9 Å². The highest BCUT2D eigenvalue weighted by molar-refractivity contribution is 9.10. The predicted molar refractivity (Wildman–Crippen MR) is 104 cm³/mol. The number of methoxy groups -OCH3 is 1. The van der Waals surface area contributed by atoms with Crippen LogP contribution in [-0.2, 0) is 10.5 Å². The lowest BCUT2D eigenvalue weighted by molar-refractivity contribution is -0.133. The van der Waals surface area contributed by atoms with E-state index in [1.807, 2.05) is 24.3 Å². The first-order chi connectivity index (χ1) is 12.0. The molecule has 25 heavy (non-hydrogen) atoms. The molecule has 0 spiro atoms. The highest BCUT2D eigenvalue weighted by atomic mass is 79.9. The van der Waals surface area contributed by atoms with E-state index in [1.165, 1.54) is 17.8 Å². The second-order valence-electron chi connectivity index (χ2n) is 5.16. The van der Waals surface area contributed by atoms with E-state index in [-0.39, 0.29) is 11.5 Å². The van der Waals surface area contributed by atoms with Crippen LogP contribution in [0.1, 0.15) is 21.5 Å². The van der Waals surface area contributed by atoms with E-state index >= 15 is 0 Å². The van der Waals surface area contributed by atoms with Gasteiger partial charge in [-0.3, -0.25) is 9.59 Å². The Labute approximate surface area is 159 Å². The summed E-state index contributed by atoms with van der Waals surface area (Å²) in [5.41, 5.74) is 2.28. The quantitative estimate of drug-likeness (QED) is 0.496. The molecular formula is C19H17BrO4S. The highest BCUT2D eigenvalue weighted by Crippen LogP contribution is 2.25. The van der Waals surface area contributed by atoms with Crippen LogP contribution in [0.5, 0.6) is 5.75 Å². The first-order valence-electron chi connectivity index (χ1n) is 7.44. The highest BCUT2D eigenvalue weighted by Gasteiger charge is 2.09. The summed E-state index contributed by atoms with van der Waals surface area (Å²) in [6, 6.07) is 12.8. The summed E-state index contributed by atoms with van der Waals surface area (Å²) in [4.78, 5) is 23.0. The fourth-order valence-electron chi connectivity index (χ4n) is 2.13. The molecule has 2 aromatic rings. The summed E-state index contributed by atoms with van der Waals surface area (Å²) >= 11 is 4.63. The van der Waals surface area contributed by atoms with E-state index < -0.39 is 5.97 Å². The molecule has 2 aromatic carbocycles. The number of allylic oxidation sites excluding steroid dienone is 1. The Morgan fingerprint density at radius 1 is 1.20 bits per heavy atom. The molecular weight excluding hydrogens is 404 g/mol. The zero-order chi connectivity index (χ0) is 18.2. The second-order valence-corrected chi connectivity index (χ2v) is 7.06.